The summed E-state index contributed by atoms with van der Waals surface area (Å²) in [6.07, 6.45) is 3.89. The maximum absolute atomic E-state index is 10.5. The van der Waals surface area contributed by atoms with E-state index in [2.05, 4.69) is 10.3 Å². The number of carbonyl (C=O) groups is 1. The number of anilines is 1. The average Bonchev–Trinajstić information content (AvgIpc) is 2.31. The monoisotopic (exact) mass is 232 g/mol. The minimum atomic E-state index is 0.558. The molecule has 1 amide bonds. The predicted molar refractivity (Wildman–Crippen MR) is 64.4 cm³/mol. The van der Waals surface area contributed by atoms with E-state index in [-0.39, 0.29) is 0 Å². The van der Waals surface area contributed by atoms with Crippen LogP contribution < -0.4 is 5.32 Å². The number of benzene rings is 1. The van der Waals surface area contributed by atoms with Crippen molar-refractivity contribution in [2.75, 3.05) is 5.32 Å². The fourth-order valence-electron chi connectivity index (χ4n) is 1.50. The fraction of sp³-hybridized carbons (Fsp3) is 0. The van der Waals surface area contributed by atoms with Crippen LogP contribution in [0.3, 0.4) is 0 Å². The van der Waals surface area contributed by atoms with Gasteiger partial charge in [-0.25, -0.2) is 0 Å². The summed E-state index contributed by atoms with van der Waals surface area (Å²) in [6.45, 7) is 0. The number of para-hydroxylation sites is 1. The predicted octanol–water partition coefficient (Wildman–Crippen LogP) is 2.97. The zero-order valence-corrected chi connectivity index (χ0v) is 9.11. The minimum absolute atomic E-state index is 0.558. The standard InChI is InChI=1S/C12H9ClN2O/c13-11-7-14-6-5-9(11)10-3-1-2-4-12(10)15-8-16/h1-8H,(H,15,16). The highest BCUT2D eigenvalue weighted by molar-refractivity contribution is 6.33. The van der Waals surface area contributed by atoms with Gasteiger partial charge in [0.2, 0.25) is 6.41 Å². The van der Waals surface area contributed by atoms with Crippen molar-refractivity contribution in [1.29, 1.82) is 0 Å². The van der Waals surface area contributed by atoms with Gasteiger partial charge in [0.05, 0.1) is 5.02 Å². The molecule has 0 aliphatic carbocycles. The van der Waals surface area contributed by atoms with E-state index in [0.29, 0.717) is 11.4 Å². The quantitative estimate of drug-likeness (QED) is 0.827. The van der Waals surface area contributed by atoms with E-state index >= 15 is 0 Å². The molecule has 4 heteroatoms. The molecule has 0 aliphatic rings. The van der Waals surface area contributed by atoms with Crippen LogP contribution in [0.1, 0.15) is 0 Å². The van der Waals surface area contributed by atoms with Crippen LogP contribution in [0.25, 0.3) is 11.1 Å². The van der Waals surface area contributed by atoms with Crippen molar-refractivity contribution in [1.82, 2.24) is 4.98 Å². The zero-order chi connectivity index (χ0) is 11.4. The second kappa shape index (κ2) is 4.77. The Kier molecular flexibility index (Phi) is 3.17. The molecule has 2 rings (SSSR count). The molecule has 80 valence electrons. The fourth-order valence-corrected chi connectivity index (χ4v) is 1.72. The van der Waals surface area contributed by atoms with E-state index in [9.17, 15) is 4.79 Å². The molecule has 0 saturated heterocycles. The third-order valence-electron chi connectivity index (χ3n) is 2.20. The molecule has 3 nitrogen and oxygen atoms in total. The average molecular weight is 233 g/mol. The lowest BCUT2D eigenvalue weighted by Crippen LogP contribution is -1.96. The third kappa shape index (κ3) is 2.04. The number of aromatic nitrogens is 1. The summed E-state index contributed by atoms with van der Waals surface area (Å²) in [4.78, 5) is 14.4. The molecule has 0 bridgehead atoms. The molecule has 0 radical (unpaired) electrons. The SMILES string of the molecule is O=CNc1ccccc1-c1ccncc1Cl. The highest BCUT2D eigenvalue weighted by Gasteiger charge is 2.07. The summed E-state index contributed by atoms with van der Waals surface area (Å²) in [5, 5.41) is 3.20. The van der Waals surface area contributed by atoms with Gasteiger partial charge in [-0.3, -0.25) is 9.78 Å². The van der Waals surface area contributed by atoms with Crippen molar-refractivity contribution in [3.05, 3.63) is 47.7 Å². The van der Waals surface area contributed by atoms with Gasteiger partial charge in [0.15, 0.2) is 0 Å². The topological polar surface area (TPSA) is 42.0 Å². The number of amides is 1. The maximum atomic E-state index is 10.5. The Bertz CT molecular complexity index is 514. The van der Waals surface area contributed by atoms with Crippen molar-refractivity contribution < 1.29 is 4.79 Å². The molecule has 1 aromatic carbocycles. The summed E-state index contributed by atoms with van der Waals surface area (Å²) in [7, 11) is 0. The minimum Gasteiger partial charge on any atom is -0.328 e. The molecular formula is C12H9ClN2O. The molecule has 16 heavy (non-hydrogen) atoms. The number of halogens is 1. The second-order valence-electron chi connectivity index (χ2n) is 3.16. The molecule has 0 unspecified atom stereocenters. The van der Waals surface area contributed by atoms with E-state index in [1.54, 1.807) is 12.4 Å². The molecule has 0 saturated carbocycles. The second-order valence-corrected chi connectivity index (χ2v) is 3.57. The first-order chi connectivity index (χ1) is 7.83. The third-order valence-corrected chi connectivity index (χ3v) is 2.51. The van der Waals surface area contributed by atoms with Crippen LogP contribution in [0.4, 0.5) is 5.69 Å². The van der Waals surface area contributed by atoms with Gasteiger partial charge in [0.1, 0.15) is 0 Å². The largest absolute Gasteiger partial charge is 0.328 e. The van der Waals surface area contributed by atoms with Crippen molar-refractivity contribution in [3.63, 3.8) is 0 Å². The first-order valence-corrected chi connectivity index (χ1v) is 5.10. The van der Waals surface area contributed by atoms with Gasteiger partial charge in [-0.2, -0.15) is 0 Å². The Balaban J connectivity index is 2.55. The summed E-state index contributed by atoms with van der Waals surface area (Å²) >= 11 is 6.05. The van der Waals surface area contributed by atoms with Crippen LogP contribution in [-0.4, -0.2) is 11.4 Å². The highest BCUT2D eigenvalue weighted by Crippen LogP contribution is 2.32. The van der Waals surface area contributed by atoms with Crippen LogP contribution in [-0.2, 0) is 4.79 Å². The van der Waals surface area contributed by atoms with Gasteiger partial charge >= 0.3 is 0 Å². The molecule has 0 atom stereocenters. The van der Waals surface area contributed by atoms with Crippen molar-refractivity contribution in [3.8, 4) is 11.1 Å². The van der Waals surface area contributed by atoms with E-state index in [1.165, 1.54) is 0 Å². The Morgan fingerprint density at radius 2 is 2.00 bits per heavy atom. The molecule has 1 heterocycles. The molecule has 0 fully saturated rings. The van der Waals surface area contributed by atoms with Gasteiger partial charge in [-0.05, 0) is 12.1 Å². The number of pyridine rings is 1. The lowest BCUT2D eigenvalue weighted by molar-refractivity contribution is -0.105. The van der Waals surface area contributed by atoms with E-state index in [4.69, 9.17) is 11.6 Å². The van der Waals surface area contributed by atoms with Gasteiger partial charge in [-0.15, -0.1) is 0 Å². The number of rotatable bonds is 3. The lowest BCUT2D eigenvalue weighted by atomic mass is 10.1. The van der Waals surface area contributed by atoms with Crippen LogP contribution in [0.2, 0.25) is 5.02 Å². The summed E-state index contributed by atoms with van der Waals surface area (Å²) in [6, 6.07) is 9.27. The van der Waals surface area contributed by atoms with Crippen molar-refractivity contribution in [2.24, 2.45) is 0 Å². The van der Waals surface area contributed by atoms with E-state index in [1.807, 2.05) is 30.3 Å². The number of carbonyl (C=O) groups excluding carboxylic acids is 1. The number of nitrogens with zero attached hydrogens (tertiary/aromatic N) is 1. The number of nitrogens with one attached hydrogen (secondary N) is 1. The van der Waals surface area contributed by atoms with Crippen LogP contribution in [0, 0.1) is 0 Å². The molecule has 1 N–H and O–H groups in total. The molecular weight excluding hydrogens is 224 g/mol. The molecule has 0 spiro atoms. The zero-order valence-electron chi connectivity index (χ0n) is 8.35. The van der Waals surface area contributed by atoms with Crippen LogP contribution in [0.5, 0.6) is 0 Å². The Morgan fingerprint density at radius 1 is 1.19 bits per heavy atom. The summed E-state index contributed by atoms with van der Waals surface area (Å²) < 4.78 is 0. The van der Waals surface area contributed by atoms with Crippen LogP contribution >= 0.6 is 11.6 Å². The normalized spacial score (nSPS) is 9.81. The summed E-state index contributed by atoms with van der Waals surface area (Å²) in [5.74, 6) is 0. The van der Waals surface area contributed by atoms with Gasteiger partial charge in [-0.1, -0.05) is 29.8 Å². The molecule has 2 aromatic rings. The number of hydrogen-bond acceptors (Lipinski definition) is 2. The molecule has 0 aliphatic heterocycles. The first kappa shape index (κ1) is 10.6. The summed E-state index contributed by atoms with van der Waals surface area (Å²) in [5.41, 5.74) is 2.45. The number of hydrogen-bond donors (Lipinski definition) is 1. The lowest BCUT2D eigenvalue weighted by Gasteiger charge is -2.09. The van der Waals surface area contributed by atoms with Crippen molar-refractivity contribution in [2.45, 2.75) is 0 Å². The first-order valence-electron chi connectivity index (χ1n) is 4.72. The maximum Gasteiger partial charge on any atom is 0.211 e. The molecule has 1 aromatic heterocycles. The Hall–Kier alpha value is -1.87. The Labute approximate surface area is 98.1 Å². The Morgan fingerprint density at radius 3 is 2.75 bits per heavy atom. The van der Waals surface area contributed by atoms with E-state index in [0.717, 1.165) is 16.8 Å². The van der Waals surface area contributed by atoms with Gasteiger partial charge in [0, 0.05) is 29.2 Å². The van der Waals surface area contributed by atoms with E-state index < -0.39 is 0 Å². The van der Waals surface area contributed by atoms with Gasteiger partial charge in [0.25, 0.3) is 0 Å². The highest BCUT2D eigenvalue weighted by atomic mass is 35.5. The van der Waals surface area contributed by atoms with Crippen molar-refractivity contribution >= 4 is 23.7 Å². The smallest absolute Gasteiger partial charge is 0.211 e. The van der Waals surface area contributed by atoms with Gasteiger partial charge < -0.3 is 5.32 Å². The van der Waals surface area contributed by atoms with Crippen LogP contribution in [0.15, 0.2) is 42.7 Å².